The first-order chi connectivity index (χ1) is 11.5. The van der Waals surface area contributed by atoms with E-state index in [0.717, 1.165) is 22.8 Å². The molecular weight excluding hydrogens is 344 g/mol. The van der Waals surface area contributed by atoms with Crippen LogP contribution in [-0.4, -0.2) is 34.5 Å². The van der Waals surface area contributed by atoms with Crippen molar-refractivity contribution in [1.29, 1.82) is 0 Å². The smallest absolute Gasteiger partial charge is 0.245 e. The Bertz CT molecular complexity index is 916. The Balaban J connectivity index is 1.81. The lowest BCUT2D eigenvalue weighted by Gasteiger charge is -2.14. The van der Waals surface area contributed by atoms with E-state index in [2.05, 4.69) is 10.1 Å². The predicted molar refractivity (Wildman–Crippen MR) is 93.7 cm³/mol. The summed E-state index contributed by atoms with van der Waals surface area (Å²) >= 11 is 1.55. The SMILES string of the molecule is CCc1nc(CN(C)S(=O)(=O)c2cnn(-c3ccccc3)c2)cs1. The van der Waals surface area contributed by atoms with E-state index < -0.39 is 10.0 Å². The van der Waals surface area contributed by atoms with Crippen LogP contribution in [-0.2, 0) is 23.0 Å². The standard InChI is InChI=1S/C16H18N4O2S2/c1-3-16-18-13(12-23-16)10-19(2)24(21,22)15-9-17-20(11-15)14-7-5-4-6-8-14/h4-9,11-12H,3,10H2,1-2H3. The molecule has 2 aromatic heterocycles. The van der Waals surface area contributed by atoms with Crippen LogP contribution in [0.15, 0.2) is 53.0 Å². The van der Waals surface area contributed by atoms with E-state index in [1.807, 2.05) is 42.6 Å². The van der Waals surface area contributed by atoms with Crippen molar-refractivity contribution >= 4 is 21.4 Å². The molecule has 3 aromatic rings. The number of thiazole rings is 1. The fraction of sp³-hybridized carbons (Fsp3) is 0.250. The Kier molecular flexibility index (Phi) is 4.79. The molecule has 24 heavy (non-hydrogen) atoms. The van der Waals surface area contributed by atoms with Crippen LogP contribution in [0.5, 0.6) is 0 Å². The molecule has 0 aliphatic rings. The summed E-state index contributed by atoms with van der Waals surface area (Å²) in [6.07, 6.45) is 3.75. The van der Waals surface area contributed by atoms with Crippen molar-refractivity contribution in [1.82, 2.24) is 19.1 Å². The van der Waals surface area contributed by atoms with Crippen molar-refractivity contribution < 1.29 is 8.42 Å². The van der Waals surface area contributed by atoms with Crippen LogP contribution in [0.1, 0.15) is 17.6 Å². The van der Waals surface area contributed by atoms with Crippen LogP contribution >= 0.6 is 11.3 Å². The Morgan fingerprint density at radius 2 is 2.00 bits per heavy atom. The highest BCUT2D eigenvalue weighted by atomic mass is 32.2. The number of nitrogens with zero attached hydrogens (tertiary/aromatic N) is 4. The summed E-state index contributed by atoms with van der Waals surface area (Å²) in [6, 6.07) is 9.40. The lowest BCUT2D eigenvalue weighted by Crippen LogP contribution is -2.26. The van der Waals surface area contributed by atoms with Gasteiger partial charge in [-0.05, 0) is 18.6 Å². The Labute approximate surface area is 145 Å². The van der Waals surface area contributed by atoms with Gasteiger partial charge in [0.15, 0.2) is 0 Å². The first-order valence-electron chi connectivity index (χ1n) is 7.50. The molecule has 0 aliphatic heterocycles. The van der Waals surface area contributed by atoms with Crippen LogP contribution in [0.25, 0.3) is 5.69 Å². The molecule has 6 nitrogen and oxygen atoms in total. The second-order valence-electron chi connectivity index (χ2n) is 5.30. The van der Waals surface area contributed by atoms with Crippen LogP contribution < -0.4 is 0 Å². The van der Waals surface area contributed by atoms with Gasteiger partial charge in [0.2, 0.25) is 10.0 Å². The molecular formula is C16H18N4O2S2. The minimum absolute atomic E-state index is 0.166. The van der Waals surface area contributed by atoms with Gasteiger partial charge in [-0.1, -0.05) is 25.1 Å². The Morgan fingerprint density at radius 1 is 1.25 bits per heavy atom. The number of para-hydroxylation sites is 1. The lowest BCUT2D eigenvalue weighted by atomic mass is 10.3. The van der Waals surface area contributed by atoms with Crippen molar-refractivity contribution in [2.75, 3.05) is 7.05 Å². The predicted octanol–water partition coefficient (Wildman–Crippen LogP) is 2.71. The zero-order valence-corrected chi connectivity index (χ0v) is 15.1. The number of sulfonamides is 1. The molecule has 0 saturated heterocycles. The van der Waals surface area contributed by atoms with Gasteiger partial charge in [-0.25, -0.2) is 18.1 Å². The van der Waals surface area contributed by atoms with Crippen molar-refractivity contribution in [2.24, 2.45) is 0 Å². The average Bonchev–Trinajstić information content (AvgIpc) is 3.25. The fourth-order valence-corrected chi connectivity index (χ4v) is 4.05. The minimum Gasteiger partial charge on any atom is -0.245 e. The zero-order chi connectivity index (χ0) is 17.2. The number of hydrogen-bond donors (Lipinski definition) is 0. The number of benzene rings is 1. The topological polar surface area (TPSA) is 68.1 Å². The minimum atomic E-state index is -3.61. The highest BCUT2D eigenvalue weighted by Gasteiger charge is 2.23. The molecule has 0 saturated carbocycles. The monoisotopic (exact) mass is 362 g/mol. The van der Waals surface area contributed by atoms with Crippen molar-refractivity contribution in [3.05, 3.63) is 58.8 Å². The number of aryl methyl sites for hydroxylation is 1. The maximum absolute atomic E-state index is 12.7. The second-order valence-corrected chi connectivity index (χ2v) is 8.29. The third kappa shape index (κ3) is 3.40. The molecule has 0 bridgehead atoms. The molecule has 2 heterocycles. The van der Waals surface area contributed by atoms with Gasteiger partial charge in [0.25, 0.3) is 0 Å². The lowest BCUT2D eigenvalue weighted by molar-refractivity contribution is 0.462. The summed E-state index contributed by atoms with van der Waals surface area (Å²) in [7, 11) is -2.05. The molecule has 0 fully saturated rings. The van der Waals surface area contributed by atoms with Crippen molar-refractivity contribution in [3.63, 3.8) is 0 Å². The fourth-order valence-electron chi connectivity index (χ4n) is 2.24. The first kappa shape index (κ1) is 16.8. The molecule has 0 spiro atoms. The summed E-state index contributed by atoms with van der Waals surface area (Å²) in [5, 5.41) is 7.06. The normalized spacial score (nSPS) is 12.0. The summed E-state index contributed by atoms with van der Waals surface area (Å²) in [4.78, 5) is 4.59. The number of aromatic nitrogens is 3. The van der Waals surface area contributed by atoms with Gasteiger partial charge in [0.05, 0.1) is 35.3 Å². The summed E-state index contributed by atoms with van der Waals surface area (Å²) in [5.74, 6) is 0. The van der Waals surface area contributed by atoms with E-state index in [9.17, 15) is 8.42 Å². The number of rotatable bonds is 6. The molecule has 0 radical (unpaired) electrons. The summed E-state index contributed by atoms with van der Waals surface area (Å²) < 4.78 is 28.3. The quantitative estimate of drug-likeness (QED) is 0.676. The Hall–Kier alpha value is -2.03. The number of hydrogen-bond acceptors (Lipinski definition) is 5. The van der Waals surface area contributed by atoms with E-state index in [0.29, 0.717) is 0 Å². The molecule has 126 valence electrons. The average molecular weight is 362 g/mol. The van der Waals surface area contributed by atoms with Gasteiger partial charge in [0.1, 0.15) is 4.90 Å². The van der Waals surface area contributed by atoms with E-state index in [4.69, 9.17) is 0 Å². The van der Waals surface area contributed by atoms with Gasteiger partial charge in [-0.2, -0.15) is 9.40 Å². The first-order valence-corrected chi connectivity index (χ1v) is 9.82. The third-order valence-corrected chi connectivity index (χ3v) is 6.37. The van der Waals surface area contributed by atoms with Crippen LogP contribution in [0, 0.1) is 0 Å². The zero-order valence-electron chi connectivity index (χ0n) is 13.5. The van der Waals surface area contributed by atoms with Crippen molar-refractivity contribution in [2.45, 2.75) is 24.8 Å². The molecule has 0 amide bonds. The maximum Gasteiger partial charge on any atom is 0.246 e. The van der Waals surface area contributed by atoms with E-state index in [1.54, 1.807) is 23.1 Å². The molecule has 0 unspecified atom stereocenters. The van der Waals surface area contributed by atoms with Gasteiger partial charge in [-0.3, -0.25) is 0 Å². The van der Waals surface area contributed by atoms with Crippen LogP contribution in [0.2, 0.25) is 0 Å². The summed E-state index contributed by atoms with van der Waals surface area (Å²) in [6.45, 7) is 2.27. The largest absolute Gasteiger partial charge is 0.246 e. The molecule has 0 aliphatic carbocycles. The van der Waals surface area contributed by atoms with Gasteiger partial charge in [0, 0.05) is 12.4 Å². The van der Waals surface area contributed by atoms with Crippen LogP contribution in [0.3, 0.4) is 0 Å². The van der Waals surface area contributed by atoms with Gasteiger partial charge < -0.3 is 0 Å². The maximum atomic E-state index is 12.7. The van der Waals surface area contributed by atoms with E-state index in [-0.39, 0.29) is 11.4 Å². The second kappa shape index (κ2) is 6.84. The van der Waals surface area contributed by atoms with E-state index in [1.165, 1.54) is 16.7 Å². The van der Waals surface area contributed by atoms with E-state index >= 15 is 0 Å². The molecule has 3 rings (SSSR count). The third-order valence-electron chi connectivity index (χ3n) is 3.57. The van der Waals surface area contributed by atoms with Gasteiger partial charge >= 0.3 is 0 Å². The molecule has 8 heteroatoms. The highest BCUT2D eigenvalue weighted by molar-refractivity contribution is 7.89. The Morgan fingerprint density at radius 3 is 2.67 bits per heavy atom. The van der Waals surface area contributed by atoms with Crippen LogP contribution in [0.4, 0.5) is 0 Å². The highest BCUT2D eigenvalue weighted by Crippen LogP contribution is 2.19. The van der Waals surface area contributed by atoms with Gasteiger partial charge in [-0.15, -0.1) is 11.3 Å². The molecule has 0 N–H and O–H groups in total. The molecule has 1 aromatic carbocycles. The molecule has 0 atom stereocenters. The van der Waals surface area contributed by atoms with Crippen molar-refractivity contribution in [3.8, 4) is 5.69 Å². The summed E-state index contributed by atoms with van der Waals surface area (Å²) in [5.41, 5.74) is 1.58.